The molecule has 11 rings (SSSR count). The summed E-state index contributed by atoms with van der Waals surface area (Å²) in [5.41, 5.74) is 5.73. The number of unbranched alkanes of at least 4 members (excludes halogenated alkanes) is 2. The van der Waals surface area contributed by atoms with Gasteiger partial charge in [0.05, 0.1) is 58.5 Å². The van der Waals surface area contributed by atoms with Crippen molar-refractivity contribution in [3.63, 3.8) is 0 Å². The monoisotopic (exact) mass is 1420 g/mol. The van der Waals surface area contributed by atoms with Crippen molar-refractivity contribution < 1.29 is 67.5 Å². The van der Waals surface area contributed by atoms with Gasteiger partial charge in [0.2, 0.25) is 11.6 Å². The molecular formula is C75H87F3N10O11S2. The molecule has 1 aromatic heterocycles. The molecule has 5 aromatic carbocycles. The number of nitrogens with one attached hydrogen (secondary N) is 2. The molecule has 0 saturated carbocycles. The summed E-state index contributed by atoms with van der Waals surface area (Å²) < 4.78 is 127. The Bertz CT molecular complexity index is 4490. The second-order valence-corrected chi connectivity index (χ2v) is 30.0. The molecule has 101 heavy (non-hydrogen) atoms. The van der Waals surface area contributed by atoms with E-state index < -0.39 is 60.7 Å². The largest absolute Gasteiger partial charge is 0.744 e. The highest BCUT2D eigenvalue weighted by Crippen LogP contribution is 2.49. The van der Waals surface area contributed by atoms with Crippen LogP contribution in [0.4, 0.5) is 36.1 Å². The Labute approximate surface area is 588 Å². The first-order valence-electron chi connectivity index (χ1n) is 34.1. The van der Waals surface area contributed by atoms with E-state index in [0.29, 0.717) is 95.5 Å². The maximum absolute atomic E-state index is 14.0. The fraction of sp³-hybridized carbons (Fsp3) is 0.400. The van der Waals surface area contributed by atoms with Crippen LogP contribution < -0.4 is 25.2 Å². The molecule has 5 aliphatic heterocycles. The number of carbonyl (C=O) groups is 3. The molecule has 2 atom stereocenters. The van der Waals surface area contributed by atoms with E-state index in [1.807, 2.05) is 129 Å². The number of hydrogen-bond donors (Lipinski definition) is 3. The summed E-state index contributed by atoms with van der Waals surface area (Å²) in [6.07, 6.45) is 10.1. The van der Waals surface area contributed by atoms with Crippen LogP contribution >= 0.6 is 0 Å². The molecule has 5 aliphatic rings. The summed E-state index contributed by atoms with van der Waals surface area (Å²) in [4.78, 5) is 51.3. The SMILES string of the molecule is C=C(CN1CCOCC1)C(=O)Nc1cccc([C@@H]2c3cnn(-c4cccc(OCCCN5CCN(C(=O)CCCCCN6/C(=C/C=C/C=C/C7=[N+](C)c8ccc(S(=O)(=O)[O-])cc8C7(C)C)C(C)(C)c7cc(S(=O)(=O)O)ccc76)CC5)c4)c3N(CC)C[C@H]2NC(=O)c2cccc(C(F)(F)F)c2)c1. The molecule has 536 valence electrons. The highest BCUT2D eigenvalue weighted by atomic mass is 32.2. The molecule has 0 bridgehead atoms. The first kappa shape index (κ1) is 73.5. The summed E-state index contributed by atoms with van der Waals surface area (Å²) in [5, 5.41) is 11.0. The summed E-state index contributed by atoms with van der Waals surface area (Å²) in [6, 6.07) is 27.7. The molecule has 3 amide bonds. The number of carbonyl (C=O) groups excluding carboxylic acids is 3. The molecule has 0 radical (unpaired) electrons. The number of aromatic nitrogens is 2. The van der Waals surface area contributed by atoms with Crippen molar-refractivity contribution in [2.24, 2.45) is 0 Å². The number of hydrogen-bond acceptors (Lipinski definition) is 15. The van der Waals surface area contributed by atoms with E-state index in [0.717, 1.165) is 108 Å². The molecule has 0 spiro atoms. The topological polar surface area (TPSA) is 242 Å². The summed E-state index contributed by atoms with van der Waals surface area (Å²) >= 11 is 0. The Morgan fingerprint density at radius 1 is 0.812 bits per heavy atom. The van der Waals surface area contributed by atoms with Crippen LogP contribution in [-0.4, -0.2) is 183 Å². The number of likely N-dealkylation sites (N-methyl/N-ethyl adjacent to an activating group) is 1. The smallest absolute Gasteiger partial charge is 0.416 e. The van der Waals surface area contributed by atoms with E-state index in [1.165, 1.54) is 36.4 Å². The zero-order valence-corrected chi connectivity index (χ0v) is 59.3. The van der Waals surface area contributed by atoms with Crippen LogP contribution in [0.1, 0.15) is 111 Å². The number of halogens is 3. The highest BCUT2D eigenvalue weighted by molar-refractivity contribution is 7.86. The van der Waals surface area contributed by atoms with E-state index in [9.17, 15) is 53.5 Å². The minimum absolute atomic E-state index is 0.111. The number of fused-ring (bicyclic) bond motifs is 3. The van der Waals surface area contributed by atoms with Crippen molar-refractivity contribution in [1.82, 2.24) is 29.8 Å². The quantitative estimate of drug-likeness (QED) is 0.0159. The fourth-order valence-corrected chi connectivity index (χ4v) is 15.4. The molecule has 3 N–H and O–H groups in total. The third kappa shape index (κ3) is 16.6. The zero-order chi connectivity index (χ0) is 72.2. The van der Waals surface area contributed by atoms with Gasteiger partial charge in [-0.05, 0) is 130 Å². The van der Waals surface area contributed by atoms with Crippen molar-refractivity contribution in [1.29, 1.82) is 0 Å². The molecule has 26 heteroatoms. The number of piperazine rings is 1. The lowest BCUT2D eigenvalue weighted by Gasteiger charge is -2.40. The molecular weight excluding hydrogens is 1340 g/mol. The van der Waals surface area contributed by atoms with Gasteiger partial charge in [0.15, 0.2) is 5.71 Å². The summed E-state index contributed by atoms with van der Waals surface area (Å²) in [5.74, 6) is -0.0683. The highest BCUT2D eigenvalue weighted by Gasteiger charge is 2.45. The van der Waals surface area contributed by atoms with Crippen molar-refractivity contribution in [3.05, 3.63) is 197 Å². The van der Waals surface area contributed by atoms with Gasteiger partial charge < -0.3 is 39.4 Å². The molecule has 6 heterocycles. The van der Waals surface area contributed by atoms with Gasteiger partial charge in [0, 0.05) is 147 Å². The number of anilines is 3. The number of rotatable bonds is 25. The summed E-state index contributed by atoms with van der Waals surface area (Å²) in [6.45, 7) is 22.1. The van der Waals surface area contributed by atoms with Crippen molar-refractivity contribution in [3.8, 4) is 11.4 Å². The number of benzene rings is 5. The van der Waals surface area contributed by atoms with Crippen LogP contribution in [0.25, 0.3) is 5.69 Å². The third-order valence-electron chi connectivity index (χ3n) is 19.8. The van der Waals surface area contributed by atoms with E-state index in [4.69, 9.17) is 14.6 Å². The predicted molar refractivity (Wildman–Crippen MR) is 380 cm³/mol. The van der Waals surface area contributed by atoms with E-state index in [2.05, 4.69) is 36.8 Å². The first-order valence-corrected chi connectivity index (χ1v) is 37.0. The molecule has 2 saturated heterocycles. The molecule has 0 aliphatic carbocycles. The maximum Gasteiger partial charge on any atom is 0.416 e. The third-order valence-corrected chi connectivity index (χ3v) is 21.5. The summed E-state index contributed by atoms with van der Waals surface area (Å²) in [7, 11) is -7.22. The number of amides is 3. The molecule has 0 unspecified atom stereocenters. The average molecular weight is 1430 g/mol. The molecule has 6 aromatic rings. The minimum Gasteiger partial charge on any atom is -0.744 e. The Kier molecular flexibility index (Phi) is 22.1. The lowest BCUT2D eigenvalue weighted by atomic mass is 9.81. The Morgan fingerprint density at radius 3 is 2.28 bits per heavy atom. The van der Waals surface area contributed by atoms with Gasteiger partial charge in [-0.25, -0.2) is 13.1 Å². The van der Waals surface area contributed by atoms with E-state index in [-0.39, 0.29) is 33.7 Å². The molecule has 2 fully saturated rings. The second-order valence-electron chi connectivity index (χ2n) is 27.2. The Balaban J connectivity index is 0.679. The first-order chi connectivity index (χ1) is 48.0. The van der Waals surface area contributed by atoms with Crippen LogP contribution in [0.15, 0.2) is 173 Å². The van der Waals surface area contributed by atoms with E-state index in [1.54, 1.807) is 24.4 Å². The predicted octanol–water partition coefficient (Wildman–Crippen LogP) is 10.6. The number of alkyl halides is 3. The minimum atomic E-state index is -4.65. The van der Waals surface area contributed by atoms with Crippen LogP contribution in [0.2, 0.25) is 0 Å². The van der Waals surface area contributed by atoms with Crippen molar-refractivity contribution >= 4 is 66.5 Å². The van der Waals surface area contributed by atoms with Gasteiger partial charge in [0.1, 0.15) is 28.7 Å². The van der Waals surface area contributed by atoms with Gasteiger partial charge >= 0.3 is 6.18 Å². The number of allylic oxidation sites excluding steroid dienone is 6. The number of ether oxygens (including phenoxy) is 2. The standard InChI is InChI=1S/C75H87F3N10O11S2/c1-8-85-50-63(81-71(91)53-20-15-21-54(43-53)75(76,77)78)69(52-19-16-22-55(44-52)80-70(90)51(2)49-84-38-41-98-42-39-84)60-48-79-88(72(60)85)56-23-17-24-57(45-56)99-40-18-32-83-34-36-86(37-35-83)68(89)27-13-10-14-33-87-65-31-29-59(101(95,96)97)47-62(65)74(5,6)67(87)26-12-9-11-25-66-73(3,4)61-46-58(100(92,93)94)28-30-64(61)82(66)7/h9,11-12,15-17,19-26,28-31,43-48,63,69H,2,8,10,13-14,18,27,32-42,49-50H2,1,3-7H3,(H3-,80,81,90,91,92,93,94,95,96,97)/t63-,69-/m1/s1. The van der Waals surface area contributed by atoms with Crippen LogP contribution in [0.3, 0.4) is 0 Å². The van der Waals surface area contributed by atoms with Gasteiger partial charge in [-0.1, -0.05) is 69.3 Å². The Morgan fingerprint density at radius 2 is 1.54 bits per heavy atom. The van der Waals surface area contributed by atoms with E-state index >= 15 is 0 Å². The van der Waals surface area contributed by atoms with Gasteiger partial charge in [-0.3, -0.25) is 28.7 Å². The normalized spacial score (nSPS) is 19.1. The van der Waals surface area contributed by atoms with Crippen molar-refractivity contribution in [2.45, 2.75) is 105 Å². The average Bonchev–Trinajstić information content (AvgIpc) is 1.20. The van der Waals surface area contributed by atoms with Gasteiger partial charge in [0.25, 0.3) is 21.9 Å². The van der Waals surface area contributed by atoms with Gasteiger partial charge in [-0.15, -0.1) is 0 Å². The number of nitrogens with zero attached hydrogens (tertiary/aromatic N) is 8. The van der Waals surface area contributed by atoms with Gasteiger partial charge in [-0.2, -0.15) is 31.3 Å². The lowest BCUT2D eigenvalue weighted by Crippen LogP contribution is -2.51. The van der Waals surface area contributed by atoms with Crippen LogP contribution in [-0.2, 0) is 51.6 Å². The second kappa shape index (κ2) is 30.4. The maximum atomic E-state index is 14.0. The van der Waals surface area contributed by atoms with Crippen molar-refractivity contribution in [2.75, 3.05) is 114 Å². The number of morpholine rings is 1. The lowest BCUT2D eigenvalue weighted by molar-refractivity contribution is -0.401. The zero-order valence-electron chi connectivity index (χ0n) is 57.7. The van der Waals surface area contributed by atoms with Crippen LogP contribution in [0, 0.1) is 0 Å². The molecule has 21 nitrogen and oxygen atoms in total. The fourth-order valence-electron chi connectivity index (χ4n) is 14.4. The Hall–Kier alpha value is -8.76. The van der Waals surface area contributed by atoms with Crippen LogP contribution in [0.5, 0.6) is 5.75 Å².